The zero-order valence-electron chi connectivity index (χ0n) is 10.5. The number of likely N-dealkylation sites (tertiary alicyclic amines) is 1. The molecule has 2 amide bonds. The molecule has 1 aromatic rings. The molecule has 1 fully saturated rings. The van der Waals surface area contributed by atoms with Crippen LogP contribution in [0.4, 0.5) is 4.79 Å². The van der Waals surface area contributed by atoms with Crippen molar-refractivity contribution in [3.8, 4) is 0 Å². The van der Waals surface area contributed by atoms with Crippen LogP contribution in [0, 0.1) is 5.92 Å². The highest BCUT2D eigenvalue weighted by molar-refractivity contribution is 9.11. The van der Waals surface area contributed by atoms with Crippen LogP contribution in [0.1, 0.15) is 12.0 Å². The molecule has 2 heterocycles. The minimum Gasteiger partial charge on any atom is -0.481 e. The number of carbonyl (C=O) groups is 2. The molecule has 1 N–H and O–H groups in total. The number of amides is 2. The molecule has 0 unspecified atom stereocenters. The Morgan fingerprint density at radius 3 is 2.79 bits per heavy atom. The second kappa shape index (κ2) is 5.92. The lowest BCUT2D eigenvalue weighted by Gasteiger charge is -2.40. The van der Waals surface area contributed by atoms with Gasteiger partial charge in [0.2, 0.25) is 0 Å². The van der Waals surface area contributed by atoms with Crippen LogP contribution in [0.3, 0.4) is 0 Å². The van der Waals surface area contributed by atoms with Gasteiger partial charge in [0.1, 0.15) is 0 Å². The molecule has 1 aliphatic rings. The minimum atomic E-state index is -0.798. The van der Waals surface area contributed by atoms with Crippen molar-refractivity contribution in [3.63, 3.8) is 0 Å². The molecule has 5 nitrogen and oxygen atoms in total. The van der Waals surface area contributed by atoms with Crippen molar-refractivity contribution in [2.24, 2.45) is 5.92 Å². The number of halogens is 1. The van der Waals surface area contributed by atoms with Gasteiger partial charge in [0.05, 0.1) is 10.2 Å². The maximum absolute atomic E-state index is 12.1. The summed E-state index contributed by atoms with van der Waals surface area (Å²) in [5.41, 5.74) is 1.09. The number of carboxylic acid groups (broad SMARTS) is 1. The summed E-state index contributed by atoms with van der Waals surface area (Å²) in [4.78, 5) is 26.0. The van der Waals surface area contributed by atoms with E-state index in [0.717, 1.165) is 9.35 Å². The lowest BCUT2D eigenvalue weighted by molar-refractivity contribution is -0.139. The van der Waals surface area contributed by atoms with Crippen LogP contribution in [0.25, 0.3) is 0 Å². The first-order valence-corrected chi connectivity index (χ1v) is 7.57. The monoisotopic (exact) mass is 346 g/mol. The molecule has 0 atom stereocenters. The molecule has 7 heteroatoms. The molecule has 1 aliphatic heterocycles. The number of hydrogen-bond acceptors (Lipinski definition) is 3. The third-order valence-corrected chi connectivity index (χ3v) is 4.61. The van der Waals surface area contributed by atoms with E-state index in [4.69, 9.17) is 5.11 Å². The van der Waals surface area contributed by atoms with Crippen LogP contribution in [0.5, 0.6) is 0 Å². The first kappa shape index (κ1) is 14.3. The van der Waals surface area contributed by atoms with E-state index in [1.807, 2.05) is 11.4 Å². The molecule has 19 heavy (non-hydrogen) atoms. The Labute approximate surface area is 123 Å². The van der Waals surface area contributed by atoms with E-state index in [-0.39, 0.29) is 18.4 Å². The standard InChI is InChI=1S/C12H15BrN2O3S/c1-14(4-9-2-10(13)19-7-9)12(18)15-5-8(6-15)3-11(16)17/h2,7-8H,3-6H2,1H3,(H,16,17). The maximum Gasteiger partial charge on any atom is 0.320 e. The highest BCUT2D eigenvalue weighted by Gasteiger charge is 2.33. The van der Waals surface area contributed by atoms with E-state index >= 15 is 0 Å². The van der Waals surface area contributed by atoms with Crippen LogP contribution in [0.2, 0.25) is 0 Å². The summed E-state index contributed by atoms with van der Waals surface area (Å²) in [5.74, 6) is -0.696. The second-order valence-corrected chi connectivity index (χ2v) is 7.06. The third kappa shape index (κ3) is 3.70. The van der Waals surface area contributed by atoms with E-state index in [1.54, 1.807) is 28.2 Å². The number of rotatable bonds is 4. The quantitative estimate of drug-likeness (QED) is 0.910. The Kier molecular flexibility index (Phi) is 4.46. The minimum absolute atomic E-state index is 0.0380. The fourth-order valence-corrected chi connectivity index (χ4v) is 3.31. The number of carbonyl (C=O) groups excluding carboxylic acids is 1. The topological polar surface area (TPSA) is 60.9 Å². The second-order valence-electron chi connectivity index (χ2n) is 4.77. The predicted molar refractivity (Wildman–Crippen MR) is 76.2 cm³/mol. The average Bonchev–Trinajstić information content (AvgIpc) is 2.67. The van der Waals surface area contributed by atoms with E-state index in [0.29, 0.717) is 19.6 Å². The van der Waals surface area contributed by atoms with E-state index in [9.17, 15) is 9.59 Å². The lowest BCUT2D eigenvalue weighted by atomic mass is 9.97. The summed E-state index contributed by atoms with van der Waals surface area (Å²) in [7, 11) is 1.76. The molecule has 104 valence electrons. The Bertz CT molecular complexity index is 485. The van der Waals surface area contributed by atoms with Gasteiger partial charge >= 0.3 is 12.0 Å². The van der Waals surface area contributed by atoms with Crippen molar-refractivity contribution in [2.45, 2.75) is 13.0 Å². The predicted octanol–water partition coefficient (Wildman–Crippen LogP) is 2.47. The van der Waals surface area contributed by atoms with Gasteiger partial charge in [-0.1, -0.05) is 0 Å². The smallest absolute Gasteiger partial charge is 0.320 e. The average molecular weight is 347 g/mol. The highest BCUT2D eigenvalue weighted by Crippen LogP contribution is 2.23. The van der Waals surface area contributed by atoms with Crippen molar-refractivity contribution >= 4 is 39.3 Å². The molecule has 2 rings (SSSR count). The molecule has 0 spiro atoms. The van der Waals surface area contributed by atoms with Crippen LogP contribution < -0.4 is 0 Å². The van der Waals surface area contributed by atoms with Crippen LogP contribution in [-0.4, -0.2) is 47.0 Å². The Hall–Kier alpha value is -1.08. The fourth-order valence-electron chi connectivity index (χ4n) is 2.11. The first-order valence-electron chi connectivity index (χ1n) is 5.90. The van der Waals surface area contributed by atoms with Gasteiger partial charge in [0.15, 0.2) is 0 Å². The normalized spacial score (nSPS) is 15.2. The highest BCUT2D eigenvalue weighted by atomic mass is 79.9. The summed E-state index contributed by atoms with van der Waals surface area (Å²) in [6.45, 7) is 1.66. The van der Waals surface area contributed by atoms with Gasteiger partial charge in [-0.25, -0.2) is 4.79 Å². The SMILES string of the molecule is CN(Cc1csc(Br)c1)C(=O)N1CC(CC(=O)O)C1. The van der Waals surface area contributed by atoms with E-state index in [2.05, 4.69) is 15.9 Å². The number of thiophene rings is 1. The molecule has 0 bridgehead atoms. The number of urea groups is 1. The van der Waals surface area contributed by atoms with Crippen LogP contribution >= 0.6 is 27.3 Å². The number of nitrogens with zero attached hydrogens (tertiary/aromatic N) is 2. The summed E-state index contributed by atoms with van der Waals surface area (Å²) >= 11 is 4.99. The van der Waals surface area contributed by atoms with Crippen molar-refractivity contribution in [3.05, 3.63) is 20.8 Å². The molecular formula is C12H15BrN2O3S. The largest absolute Gasteiger partial charge is 0.481 e. The van der Waals surface area contributed by atoms with Gasteiger partial charge in [0.25, 0.3) is 0 Å². The summed E-state index contributed by atoms with van der Waals surface area (Å²) in [5, 5.41) is 10.7. The van der Waals surface area contributed by atoms with E-state index in [1.165, 1.54) is 0 Å². The number of aliphatic carboxylic acids is 1. The fraction of sp³-hybridized carbons (Fsp3) is 0.500. The Morgan fingerprint density at radius 1 is 1.58 bits per heavy atom. The Morgan fingerprint density at radius 2 is 2.26 bits per heavy atom. The molecular weight excluding hydrogens is 332 g/mol. The van der Waals surface area contributed by atoms with Gasteiger partial charge in [0, 0.05) is 32.6 Å². The molecule has 0 saturated carbocycles. The zero-order valence-corrected chi connectivity index (χ0v) is 12.9. The van der Waals surface area contributed by atoms with Crippen LogP contribution in [-0.2, 0) is 11.3 Å². The van der Waals surface area contributed by atoms with Crippen molar-refractivity contribution in [1.29, 1.82) is 0 Å². The van der Waals surface area contributed by atoms with Crippen molar-refractivity contribution < 1.29 is 14.7 Å². The molecule has 1 aromatic heterocycles. The third-order valence-electron chi connectivity index (χ3n) is 3.06. The van der Waals surface area contributed by atoms with Crippen LogP contribution in [0.15, 0.2) is 15.2 Å². The summed E-state index contributed by atoms with van der Waals surface area (Å²) in [6, 6.07) is 1.96. The molecule has 0 aromatic carbocycles. The van der Waals surface area contributed by atoms with Crippen molar-refractivity contribution in [2.75, 3.05) is 20.1 Å². The summed E-state index contributed by atoms with van der Waals surface area (Å²) < 4.78 is 1.05. The lowest BCUT2D eigenvalue weighted by Crippen LogP contribution is -2.54. The van der Waals surface area contributed by atoms with Gasteiger partial charge < -0.3 is 14.9 Å². The molecule has 0 aliphatic carbocycles. The first-order chi connectivity index (χ1) is 8.95. The zero-order chi connectivity index (χ0) is 14.0. The number of hydrogen-bond donors (Lipinski definition) is 1. The van der Waals surface area contributed by atoms with Gasteiger partial charge in [-0.15, -0.1) is 11.3 Å². The maximum atomic E-state index is 12.1. The molecule has 0 radical (unpaired) electrons. The van der Waals surface area contributed by atoms with Gasteiger partial charge in [-0.2, -0.15) is 0 Å². The van der Waals surface area contributed by atoms with Gasteiger partial charge in [-0.05, 0) is 32.9 Å². The summed E-state index contributed by atoms with van der Waals surface area (Å²) in [6.07, 6.45) is 0.144. The number of carboxylic acids is 1. The molecule has 1 saturated heterocycles. The van der Waals surface area contributed by atoms with Gasteiger partial charge in [-0.3, -0.25) is 4.79 Å². The van der Waals surface area contributed by atoms with E-state index < -0.39 is 5.97 Å². The van der Waals surface area contributed by atoms with Crippen molar-refractivity contribution in [1.82, 2.24) is 9.80 Å². The Balaban J connectivity index is 1.79.